The van der Waals surface area contributed by atoms with Crippen LogP contribution in [0.1, 0.15) is 34.3 Å². The first-order valence-corrected chi connectivity index (χ1v) is 14.7. The van der Waals surface area contributed by atoms with Gasteiger partial charge in [-0.25, -0.2) is 13.4 Å². The average Bonchev–Trinajstić information content (AvgIpc) is 3.67. The van der Waals surface area contributed by atoms with Crippen molar-refractivity contribution < 1.29 is 17.9 Å². The van der Waals surface area contributed by atoms with Crippen molar-refractivity contribution in [2.45, 2.75) is 37.2 Å². The zero-order chi connectivity index (χ0) is 25.6. The molecule has 0 radical (unpaired) electrons. The summed E-state index contributed by atoms with van der Waals surface area (Å²) in [5.74, 6) is -0.220. The van der Waals surface area contributed by atoms with Gasteiger partial charge in [0.2, 0.25) is 0 Å². The first-order valence-electron chi connectivity index (χ1n) is 12.4. The highest BCUT2D eigenvalue weighted by Gasteiger charge is 2.31. The molecule has 37 heavy (non-hydrogen) atoms. The molecular formula is C28H27N3O4S2. The molecular weight excluding hydrogens is 506 g/mol. The highest BCUT2D eigenvalue weighted by Crippen LogP contribution is 2.34. The molecule has 1 fully saturated rings. The molecule has 0 aliphatic carbocycles. The number of nitrogens with zero attached hydrogens (tertiary/aromatic N) is 3. The van der Waals surface area contributed by atoms with Crippen LogP contribution in [0.2, 0.25) is 0 Å². The second-order valence-corrected chi connectivity index (χ2v) is 12.3. The van der Waals surface area contributed by atoms with Crippen LogP contribution in [0.25, 0.3) is 10.2 Å². The van der Waals surface area contributed by atoms with Crippen molar-refractivity contribution in [1.29, 1.82) is 0 Å². The fourth-order valence-electron chi connectivity index (χ4n) is 5.04. The first-order chi connectivity index (χ1) is 17.9. The molecule has 1 amide bonds. The predicted octanol–water partition coefficient (Wildman–Crippen LogP) is 5.18. The Morgan fingerprint density at radius 1 is 1.11 bits per heavy atom. The molecule has 9 heteroatoms. The van der Waals surface area contributed by atoms with E-state index in [1.165, 1.54) is 27.8 Å². The zero-order valence-corrected chi connectivity index (χ0v) is 22.1. The molecule has 0 bridgehead atoms. The van der Waals surface area contributed by atoms with Crippen molar-refractivity contribution >= 4 is 48.3 Å². The number of aromatic nitrogens is 1. The van der Waals surface area contributed by atoms with Crippen LogP contribution in [-0.4, -0.2) is 45.1 Å². The predicted molar refractivity (Wildman–Crippen MR) is 146 cm³/mol. The summed E-state index contributed by atoms with van der Waals surface area (Å²) in [5, 5.41) is 0.621. The normalized spacial score (nSPS) is 17.3. The monoisotopic (exact) mass is 533 g/mol. The lowest BCUT2D eigenvalue weighted by molar-refractivity contribution is 0.0917. The highest BCUT2D eigenvalue weighted by molar-refractivity contribution is 7.92. The number of sulfonamides is 1. The third-order valence-corrected chi connectivity index (χ3v) is 9.90. The van der Waals surface area contributed by atoms with Crippen LogP contribution in [0.4, 0.5) is 10.8 Å². The fourth-order valence-corrected chi connectivity index (χ4v) is 7.59. The summed E-state index contributed by atoms with van der Waals surface area (Å²) in [6.07, 6.45) is 2.50. The lowest BCUT2D eigenvalue weighted by atomic mass is 10.2. The molecule has 7 nitrogen and oxygen atoms in total. The van der Waals surface area contributed by atoms with Crippen LogP contribution >= 0.6 is 11.3 Å². The Morgan fingerprint density at radius 3 is 2.68 bits per heavy atom. The first kappa shape index (κ1) is 24.1. The van der Waals surface area contributed by atoms with E-state index in [9.17, 15) is 13.2 Å². The SMILES string of the molecule is Cc1cccc2sc(N(CC3CCCO3)C(=O)c3ccc(S(=O)(=O)N4CCc5ccccc54)cc3)nc12. The van der Waals surface area contributed by atoms with Crippen LogP contribution in [0.5, 0.6) is 0 Å². The van der Waals surface area contributed by atoms with Crippen molar-refractivity contribution in [3.8, 4) is 0 Å². The maximum atomic E-state index is 13.8. The summed E-state index contributed by atoms with van der Waals surface area (Å²) in [7, 11) is -3.73. The van der Waals surface area contributed by atoms with E-state index in [-0.39, 0.29) is 16.9 Å². The van der Waals surface area contributed by atoms with E-state index in [0.29, 0.717) is 36.8 Å². The molecule has 1 saturated heterocycles. The van der Waals surface area contributed by atoms with Gasteiger partial charge in [0.25, 0.3) is 15.9 Å². The van der Waals surface area contributed by atoms with E-state index < -0.39 is 10.0 Å². The number of hydrogen-bond acceptors (Lipinski definition) is 6. The highest BCUT2D eigenvalue weighted by atomic mass is 32.2. The van der Waals surface area contributed by atoms with Gasteiger partial charge in [0.15, 0.2) is 5.13 Å². The lowest BCUT2D eigenvalue weighted by Crippen LogP contribution is -2.37. The van der Waals surface area contributed by atoms with Crippen molar-refractivity contribution in [3.05, 3.63) is 83.4 Å². The Hall–Kier alpha value is -3.27. The van der Waals surface area contributed by atoms with Gasteiger partial charge < -0.3 is 4.74 Å². The molecule has 0 spiro atoms. The molecule has 6 rings (SSSR count). The standard InChI is InChI=1S/C28H27N3O4S2/c1-19-6-4-10-25-26(19)29-28(36-25)30(18-22-8-5-17-35-22)27(32)21-11-13-23(14-12-21)37(33,34)31-16-15-20-7-2-3-9-24(20)31/h2-4,6-7,9-14,22H,5,8,15-18H2,1H3. The number of benzene rings is 3. The maximum Gasteiger partial charge on any atom is 0.264 e. The number of ether oxygens (including phenoxy) is 1. The van der Waals surface area contributed by atoms with Gasteiger partial charge in [0.05, 0.1) is 33.4 Å². The minimum atomic E-state index is -3.73. The van der Waals surface area contributed by atoms with Gasteiger partial charge in [-0.1, -0.05) is 41.7 Å². The molecule has 1 atom stereocenters. The minimum Gasteiger partial charge on any atom is -0.376 e. The van der Waals surface area contributed by atoms with Gasteiger partial charge in [-0.15, -0.1) is 0 Å². The lowest BCUT2D eigenvalue weighted by Gasteiger charge is -2.23. The Balaban J connectivity index is 1.30. The third-order valence-electron chi connectivity index (χ3n) is 7.03. The third kappa shape index (κ3) is 4.41. The molecule has 2 aliphatic rings. The Bertz CT molecular complexity index is 1570. The minimum absolute atomic E-state index is 0.0491. The van der Waals surface area contributed by atoms with Crippen LogP contribution < -0.4 is 9.21 Å². The van der Waals surface area contributed by atoms with E-state index in [0.717, 1.165) is 39.9 Å². The van der Waals surface area contributed by atoms with E-state index in [4.69, 9.17) is 9.72 Å². The number of rotatable bonds is 6. The number of fused-ring (bicyclic) bond motifs is 2. The van der Waals surface area contributed by atoms with Gasteiger partial charge in [-0.05, 0) is 73.7 Å². The van der Waals surface area contributed by atoms with Gasteiger partial charge >= 0.3 is 0 Å². The van der Waals surface area contributed by atoms with Gasteiger partial charge in [0, 0.05) is 18.7 Å². The van der Waals surface area contributed by atoms with Crippen molar-refractivity contribution in [1.82, 2.24) is 4.98 Å². The molecule has 190 valence electrons. The van der Waals surface area contributed by atoms with Crippen LogP contribution in [0, 0.1) is 6.92 Å². The Labute approximate surface area is 220 Å². The summed E-state index contributed by atoms with van der Waals surface area (Å²) in [4.78, 5) is 20.4. The van der Waals surface area contributed by atoms with Crippen LogP contribution in [0.3, 0.4) is 0 Å². The number of anilines is 2. The maximum absolute atomic E-state index is 13.8. The topological polar surface area (TPSA) is 79.8 Å². The second kappa shape index (κ2) is 9.55. The summed E-state index contributed by atoms with van der Waals surface area (Å²) in [5.41, 5.74) is 4.10. The summed E-state index contributed by atoms with van der Waals surface area (Å²) in [6, 6.07) is 19.8. The Morgan fingerprint density at radius 2 is 1.92 bits per heavy atom. The molecule has 1 unspecified atom stereocenters. The van der Waals surface area contributed by atoms with Crippen molar-refractivity contribution in [2.24, 2.45) is 0 Å². The average molecular weight is 534 g/mol. The fraction of sp³-hybridized carbons (Fsp3) is 0.286. The largest absolute Gasteiger partial charge is 0.376 e. The number of carbonyl (C=O) groups is 1. The summed E-state index contributed by atoms with van der Waals surface area (Å²) in [6.45, 7) is 3.52. The summed E-state index contributed by atoms with van der Waals surface area (Å²) >= 11 is 1.48. The van der Waals surface area contributed by atoms with Crippen molar-refractivity contribution in [3.63, 3.8) is 0 Å². The van der Waals surface area contributed by atoms with Crippen LogP contribution in [-0.2, 0) is 21.2 Å². The second-order valence-electron chi connectivity index (χ2n) is 9.45. The molecule has 0 N–H and O–H groups in total. The Kier molecular flexibility index (Phi) is 6.22. The van der Waals surface area contributed by atoms with E-state index in [1.54, 1.807) is 17.0 Å². The molecule has 1 aromatic heterocycles. The molecule has 3 heterocycles. The van der Waals surface area contributed by atoms with E-state index in [1.807, 2.05) is 49.4 Å². The summed E-state index contributed by atoms with van der Waals surface area (Å²) < 4.78 is 35.1. The number of amides is 1. The van der Waals surface area contributed by atoms with Gasteiger partial charge in [-0.2, -0.15) is 0 Å². The van der Waals surface area contributed by atoms with Crippen LogP contribution in [0.15, 0.2) is 71.6 Å². The van der Waals surface area contributed by atoms with Gasteiger partial charge in [-0.3, -0.25) is 14.0 Å². The molecule has 3 aromatic carbocycles. The molecule has 0 saturated carbocycles. The zero-order valence-electron chi connectivity index (χ0n) is 20.5. The number of hydrogen-bond donors (Lipinski definition) is 0. The molecule has 2 aliphatic heterocycles. The number of carbonyl (C=O) groups excluding carboxylic acids is 1. The number of para-hydroxylation sites is 2. The molecule has 4 aromatic rings. The van der Waals surface area contributed by atoms with E-state index >= 15 is 0 Å². The smallest absolute Gasteiger partial charge is 0.264 e. The number of aryl methyl sites for hydroxylation is 1. The number of thiazole rings is 1. The van der Waals surface area contributed by atoms with Crippen molar-refractivity contribution in [2.75, 3.05) is 28.9 Å². The quantitative estimate of drug-likeness (QED) is 0.341. The van der Waals surface area contributed by atoms with E-state index in [2.05, 4.69) is 0 Å². The van der Waals surface area contributed by atoms with Gasteiger partial charge in [0.1, 0.15) is 0 Å².